The van der Waals surface area contributed by atoms with Crippen LogP contribution in [0.2, 0.25) is 0 Å². The van der Waals surface area contributed by atoms with Crippen molar-refractivity contribution in [2.75, 3.05) is 4.90 Å². The van der Waals surface area contributed by atoms with Gasteiger partial charge in [0, 0.05) is 27.7 Å². The highest BCUT2D eigenvalue weighted by Crippen LogP contribution is 2.46. The van der Waals surface area contributed by atoms with Crippen molar-refractivity contribution in [1.82, 2.24) is 4.57 Å². The van der Waals surface area contributed by atoms with Crippen molar-refractivity contribution in [1.29, 1.82) is 0 Å². The predicted octanol–water partition coefficient (Wildman–Crippen LogP) is 13.9. The molecule has 2 nitrogen and oxygen atoms in total. The monoisotopic (exact) mass is 662 g/mol. The third-order valence-corrected chi connectivity index (χ3v) is 10.3. The molecular formula is C50H34N2. The van der Waals surface area contributed by atoms with Crippen LogP contribution in [0.1, 0.15) is 0 Å². The van der Waals surface area contributed by atoms with Gasteiger partial charge < -0.3 is 9.47 Å². The van der Waals surface area contributed by atoms with Gasteiger partial charge in [0.15, 0.2) is 0 Å². The standard InChI is InChI=1S/C50H34N2/c1-3-16-42(17-4-1)51(48-24-13-25-49-50(48)45-21-10-12-23-47(45)52(49)43-18-5-2-6-19-43)46-22-11-9-20-44(46)40-31-28-36-27-30-39(33-41(36)34-40)38-29-26-35-14-7-8-15-37(35)32-38/h1-34H. The molecule has 244 valence electrons. The van der Waals surface area contributed by atoms with Crippen molar-refractivity contribution in [3.05, 3.63) is 206 Å². The van der Waals surface area contributed by atoms with Gasteiger partial charge >= 0.3 is 0 Å². The van der Waals surface area contributed by atoms with Gasteiger partial charge in [-0.3, -0.25) is 0 Å². The fourth-order valence-electron chi connectivity index (χ4n) is 7.90. The van der Waals surface area contributed by atoms with Crippen molar-refractivity contribution in [3.8, 4) is 27.9 Å². The first kappa shape index (κ1) is 30.0. The Bertz CT molecular complexity index is 2900. The van der Waals surface area contributed by atoms with E-state index in [4.69, 9.17) is 0 Å². The molecule has 0 saturated heterocycles. The van der Waals surface area contributed by atoms with E-state index in [-0.39, 0.29) is 0 Å². The molecule has 0 N–H and O–H groups in total. The summed E-state index contributed by atoms with van der Waals surface area (Å²) in [5.74, 6) is 0. The highest BCUT2D eigenvalue weighted by atomic mass is 15.1. The summed E-state index contributed by atoms with van der Waals surface area (Å²) in [4.78, 5) is 2.44. The molecule has 0 aliphatic rings. The minimum Gasteiger partial charge on any atom is -0.309 e. The normalized spacial score (nSPS) is 11.5. The Kier molecular flexibility index (Phi) is 7.18. The van der Waals surface area contributed by atoms with Gasteiger partial charge in [0.2, 0.25) is 0 Å². The molecule has 2 heteroatoms. The number of hydrogen-bond acceptors (Lipinski definition) is 1. The molecule has 1 aromatic heterocycles. The molecule has 0 saturated carbocycles. The molecule has 0 bridgehead atoms. The Morgan fingerprint density at radius 1 is 0.346 bits per heavy atom. The molecule has 0 atom stereocenters. The molecule has 0 amide bonds. The number of nitrogens with zero attached hydrogens (tertiary/aromatic N) is 2. The molecule has 0 unspecified atom stereocenters. The second-order valence-corrected chi connectivity index (χ2v) is 13.4. The predicted molar refractivity (Wildman–Crippen MR) is 221 cm³/mol. The van der Waals surface area contributed by atoms with E-state index in [2.05, 4.69) is 216 Å². The molecule has 1 heterocycles. The number of fused-ring (bicyclic) bond motifs is 5. The van der Waals surface area contributed by atoms with Gasteiger partial charge in [0.1, 0.15) is 0 Å². The molecule has 0 fully saturated rings. The summed E-state index contributed by atoms with van der Waals surface area (Å²) < 4.78 is 2.39. The first-order valence-electron chi connectivity index (χ1n) is 17.9. The van der Waals surface area contributed by atoms with Crippen molar-refractivity contribution in [2.45, 2.75) is 0 Å². The second kappa shape index (κ2) is 12.5. The zero-order valence-corrected chi connectivity index (χ0v) is 28.5. The van der Waals surface area contributed by atoms with Gasteiger partial charge in [-0.15, -0.1) is 0 Å². The molecular weight excluding hydrogens is 629 g/mol. The van der Waals surface area contributed by atoms with E-state index in [1.165, 1.54) is 65.6 Å². The molecule has 0 radical (unpaired) electrons. The lowest BCUT2D eigenvalue weighted by molar-refractivity contribution is 1.18. The number of aromatic nitrogens is 1. The lowest BCUT2D eigenvalue weighted by Gasteiger charge is -2.28. The van der Waals surface area contributed by atoms with Crippen LogP contribution in [-0.2, 0) is 0 Å². The Morgan fingerprint density at radius 2 is 0.904 bits per heavy atom. The summed E-state index contributed by atoms with van der Waals surface area (Å²) >= 11 is 0. The van der Waals surface area contributed by atoms with E-state index in [1.54, 1.807) is 0 Å². The maximum absolute atomic E-state index is 2.44. The number of para-hydroxylation sites is 4. The van der Waals surface area contributed by atoms with Crippen LogP contribution >= 0.6 is 0 Å². The van der Waals surface area contributed by atoms with Crippen LogP contribution in [0.3, 0.4) is 0 Å². The Labute approximate surface area is 303 Å². The van der Waals surface area contributed by atoms with E-state index in [1.807, 2.05) is 0 Å². The minimum atomic E-state index is 1.11. The largest absolute Gasteiger partial charge is 0.309 e. The van der Waals surface area contributed by atoms with Crippen LogP contribution in [0, 0.1) is 0 Å². The van der Waals surface area contributed by atoms with Crippen LogP contribution in [0.5, 0.6) is 0 Å². The van der Waals surface area contributed by atoms with Crippen LogP contribution in [0.15, 0.2) is 206 Å². The van der Waals surface area contributed by atoms with Gasteiger partial charge in [-0.25, -0.2) is 0 Å². The lowest BCUT2D eigenvalue weighted by atomic mass is 9.95. The third-order valence-electron chi connectivity index (χ3n) is 10.3. The van der Waals surface area contributed by atoms with E-state index >= 15 is 0 Å². The highest BCUT2D eigenvalue weighted by Gasteiger charge is 2.22. The Morgan fingerprint density at radius 3 is 1.71 bits per heavy atom. The molecule has 0 aliphatic carbocycles. The van der Waals surface area contributed by atoms with Gasteiger partial charge in [0.05, 0.1) is 22.4 Å². The lowest BCUT2D eigenvalue weighted by Crippen LogP contribution is -2.11. The number of hydrogen-bond donors (Lipinski definition) is 0. The fraction of sp³-hybridized carbons (Fsp3) is 0. The molecule has 0 aliphatic heterocycles. The topological polar surface area (TPSA) is 8.17 Å². The minimum absolute atomic E-state index is 1.11. The van der Waals surface area contributed by atoms with Gasteiger partial charge in [-0.2, -0.15) is 0 Å². The average Bonchev–Trinajstić information content (AvgIpc) is 3.56. The van der Waals surface area contributed by atoms with Gasteiger partial charge in [-0.1, -0.05) is 140 Å². The van der Waals surface area contributed by atoms with Crippen molar-refractivity contribution in [3.63, 3.8) is 0 Å². The van der Waals surface area contributed by atoms with E-state index in [0.717, 1.165) is 22.7 Å². The zero-order valence-electron chi connectivity index (χ0n) is 28.5. The van der Waals surface area contributed by atoms with Crippen molar-refractivity contribution in [2.24, 2.45) is 0 Å². The quantitative estimate of drug-likeness (QED) is 0.172. The van der Waals surface area contributed by atoms with Crippen molar-refractivity contribution >= 4 is 60.4 Å². The smallest absolute Gasteiger partial charge is 0.0562 e. The maximum atomic E-state index is 2.44. The summed E-state index contributed by atoms with van der Waals surface area (Å²) in [6.07, 6.45) is 0. The number of anilines is 3. The highest BCUT2D eigenvalue weighted by molar-refractivity contribution is 6.17. The number of benzene rings is 9. The summed E-state index contributed by atoms with van der Waals surface area (Å²) in [5.41, 5.74) is 11.7. The van der Waals surface area contributed by atoms with Crippen LogP contribution < -0.4 is 4.90 Å². The Hall–Kier alpha value is -6.90. The van der Waals surface area contributed by atoms with Gasteiger partial charge in [-0.05, 0) is 105 Å². The molecule has 0 spiro atoms. The molecule has 9 aromatic carbocycles. The van der Waals surface area contributed by atoms with E-state index in [9.17, 15) is 0 Å². The second-order valence-electron chi connectivity index (χ2n) is 13.4. The van der Waals surface area contributed by atoms with Crippen LogP contribution in [0.4, 0.5) is 17.1 Å². The summed E-state index contributed by atoms with van der Waals surface area (Å²) in [5, 5.41) is 7.41. The molecule has 10 aromatic rings. The summed E-state index contributed by atoms with van der Waals surface area (Å²) in [7, 11) is 0. The third kappa shape index (κ3) is 5.04. The van der Waals surface area contributed by atoms with Gasteiger partial charge in [0.25, 0.3) is 0 Å². The van der Waals surface area contributed by atoms with Crippen LogP contribution in [-0.4, -0.2) is 4.57 Å². The summed E-state index contributed by atoms with van der Waals surface area (Å²) in [6, 6.07) is 74.7. The average molecular weight is 663 g/mol. The van der Waals surface area contributed by atoms with Crippen LogP contribution in [0.25, 0.3) is 71.3 Å². The maximum Gasteiger partial charge on any atom is 0.0562 e. The zero-order chi connectivity index (χ0) is 34.4. The summed E-state index contributed by atoms with van der Waals surface area (Å²) in [6.45, 7) is 0. The number of rotatable bonds is 6. The molecule has 10 rings (SSSR count). The molecule has 52 heavy (non-hydrogen) atoms. The fourth-order valence-corrected chi connectivity index (χ4v) is 7.90. The SMILES string of the molecule is c1ccc(N(c2ccccc2-c2ccc3ccc(-c4ccc5ccccc5c4)cc3c2)c2cccc3c2c2ccccc2n3-c2ccccc2)cc1. The first-order valence-corrected chi connectivity index (χ1v) is 17.9. The van der Waals surface area contributed by atoms with E-state index in [0.29, 0.717) is 0 Å². The van der Waals surface area contributed by atoms with E-state index < -0.39 is 0 Å². The first-order chi connectivity index (χ1) is 25.8. The Balaban J connectivity index is 1.17. The van der Waals surface area contributed by atoms with Crippen molar-refractivity contribution < 1.29 is 0 Å².